The number of carbonyl (C=O) groups excluding carboxylic acids is 1. The number of aromatic nitrogens is 3. The van der Waals surface area contributed by atoms with E-state index in [9.17, 15) is 4.79 Å². The summed E-state index contributed by atoms with van der Waals surface area (Å²) in [6.07, 6.45) is 1.49. The molecule has 0 radical (unpaired) electrons. The van der Waals surface area contributed by atoms with Crippen LogP contribution in [0.2, 0.25) is 5.15 Å². The fraction of sp³-hybridized carbons (Fsp3) is 0.200. The fourth-order valence-corrected chi connectivity index (χ4v) is 1.24. The van der Waals surface area contributed by atoms with Crippen LogP contribution in [0.4, 0.5) is 0 Å². The van der Waals surface area contributed by atoms with Crippen molar-refractivity contribution in [3.8, 4) is 11.4 Å². The summed E-state index contributed by atoms with van der Waals surface area (Å²) >= 11 is 5.65. The first-order valence-electron chi connectivity index (χ1n) is 4.83. The highest BCUT2D eigenvalue weighted by atomic mass is 35.5. The molecule has 2 rings (SSSR count). The summed E-state index contributed by atoms with van der Waals surface area (Å²) in [7, 11) is 0. The maximum atomic E-state index is 11.3. The van der Waals surface area contributed by atoms with E-state index in [4.69, 9.17) is 20.9 Å². The Balaban J connectivity index is 2.23. The third kappa shape index (κ3) is 2.59. The maximum Gasteiger partial charge on any atom is 0.397 e. The summed E-state index contributed by atoms with van der Waals surface area (Å²) < 4.78 is 9.49. The van der Waals surface area contributed by atoms with Crippen LogP contribution in [0.25, 0.3) is 11.4 Å². The lowest BCUT2D eigenvalue weighted by atomic mass is 10.3. The molecule has 0 amide bonds. The van der Waals surface area contributed by atoms with E-state index >= 15 is 0 Å². The molecule has 0 atom stereocenters. The van der Waals surface area contributed by atoms with E-state index in [1.54, 1.807) is 19.1 Å². The van der Waals surface area contributed by atoms with E-state index in [-0.39, 0.29) is 18.3 Å². The lowest BCUT2D eigenvalue weighted by Gasteiger charge is -1.94. The van der Waals surface area contributed by atoms with Gasteiger partial charge < -0.3 is 9.26 Å². The van der Waals surface area contributed by atoms with Gasteiger partial charge in [0.15, 0.2) is 0 Å². The van der Waals surface area contributed by atoms with Crippen molar-refractivity contribution in [1.29, 1.82) is 0 Å². The van der Waals surface area contributed by atoms with Crippen LogP contribution in [-0.2, 0) is 4.74 Å². The molecule has 0 aromatic carbocycles. The summed E-state index contributed by atoms with van der Waals surface area (Å²) in [6.45, 7) is 1.94. The van der Waals surface area contributed by atoms with Gasteiger partial charge in [0.05, 0.1) is 6.61 Å². The number of halogens is 1. The Bertz CT molecular complexity index is 524. The molecule has 2 heterocycles. The van der Waals surface area contributed by atoms with Crippen molar-refractivity contribution in [3.05, 3.63) is 29.4 Å². The third-order valence-corrected chi connectivity index (χ3v) is 2.09. The lowest BCUT2D eigenvalue weighted by Crippen LogP contribution is -2.04. The highest BCUT2D eigenvalue weighted by Gasteiger charge is 2.17. The molecule has 6 nitrogen and oxygen atoms in total. The number of ether oxygens (including phenoxy) is 1. The summed E-state index contributed by atoms with van der Waals surface area (Å²) in [4.78, 5) is 19.1. The zero-order valence-electron chi connectivity index (χ0n) is 8.88. The van der Waals surface area contributed by atoms with Gasteiger partial charge in [-0.3, -0.25) is 0 Å². The fourth-order valence-electron chi connectivity index (χ4n) is 1.12. The number of hydrogen-bond donors (Lipinski definition) is 0. The Hall–Kier alpha value is -1.95. The Morgan fingerprint density at radius 3 is 3.00 bits per heavy atom. The third-order valence-electron chi connectivity index (χ3n) is 1.86. The molecule has 17 heavy (non-hydrogen) atoms. The van der Waals surface area contributed by atoms with Gasteiger partial charge >= 0.3 is 11.9 Å². The minimum absolute atomic E-state index is 0.184. The van der Waals surface area contributed by atoms with Crippen molar-refractivity contribution < 1.29 is 14.1 Å². The second-order valence-electron chi connectivity index (χ2n) is 3.01. The van der Waals surface area contributed by atoms with Gasteiger partial charge in [-0.1, -0.05) is 16.8 Å². The number of esters is 1. The highest BCUT2D eigenvalue weighted by molar-refractivity contribution is 6.29. The number of pyridine rings is 1. The van der Waals surface area contributed by atoms with Crippen LogP contribution in [-0.4, -0.2) is 27.7 Å². The smallest absolute Gasteiger partial charge is 0.397 e. The zero-order chi connectivity index (χ0) is 12.3. The quantitative estimate of drug-likeness (QED) is 0.615. The van der Waals surface area contributed by atoms with Gasteiger partial charge in [-0.05, 0) is 19.1 Å². The van der Waals surface area contributed by atoms with Crippen molar-refractivity contribution in [2.75, 3.05) is 6.61 Å². The molecular formula is C10H8ClN3O3. The predicted molar refractivity (Wildman–Crippen MR) is 58.5 cm³/mol. The molecular weight excluding hydrogens is 246 g/mol. The van der Waals surface area contributed by atoms with E-state index in [2.05, 4.69) is 15.1 Å². The summed E-state index contributed by atoms with van der Waals surface area (Å²) in [6, 6.07) is 3.27. The molecule has 88 valence electrons. The number of nitrogens with zero attached hydrogens (tertiary/aromatic N) is 3. The SMILES string of the molecule is CCOC(=O)c1nc(-c2ccc(Cl)nc2)no1. The molecule has 0 saturated heterocycles. The van der Waals surface area contributed by atoms with E-state index in [0.29, 0.717) is 10.7 Å². The average molecular weight is 254 g/mol. The number of carbonyl (C=O) groups is 1. The topological polar surface area (TPSA) is 78.1 Å². The Morgan fingerprint density at radius 1 is 1.53 bits per heavy atom. The monoisotopic (exact) mass is 253 g/mol. The van der Waals surface area contributed by atoms with Crippen LogP contribution in [0.3, 0.4) is 0 Å². The second kappa shape index (κ2) is 4.92. The molecule has 7 heteroatoms. The Labute approximate surface area is 102 Å². The highest BCUT2D eigenvalue weighted by Crippen LogP contribution is 2.16. The first-order chi connectivity index (χ1) is 8.20. The first-order valence-corrected chi connectivity index (χ1v) is 5.21. The van der Waals surface area contributed by atoms with Crippen LogP contribution in [0.1, 0.15) is 17.6 Å². The van der Waals surface area contributed by atoms with E-state index in [0.717, 1.165) is 0 Å². The predicted octanol–water partition coefficient (Wildman–Crippen LogP) is 1.96. The summed E-state index contributed by atoms with van der Waals surface area (Å²) in [5.74, 6) is -0.567. The molecule has 0 aliphatic heterocycles. The summed E-state index contributed by atoms with van der Waals surface area (Å²) in [5.41, 5.74) is 0.605. The van der Waals surface area contributed by atoms with Crippen molar-refractivity contribution in [1.82, 2.24) is 15.1 Å². The normalized spacial score (nSPS) is 10.2. The minimum atomic E-state index is -0.645. The average Bonchev–Trinajstić information content (AvgIpc) is 2.80. The van der Waals surface area contributed by atoms with Gasteiger partial charge in [-0.2, -0.15) is 4.98 Å². The molecule has 0 fully saturated rings. The van der Waals surface area contributed by atoms with Gasteiger partial charge in [0.2, 0.25) is 5.82 Å². The molecule has 2 aromatic rings. The van der Waals surface area contributed by atoms with Crippen LogP contribution in [0.15, 0.2) is 22.9 Å². The van der Waals surface area contributed by atoms with Crippen molar-refractivity contribution in [2.24, 2.45) is 0 Å². The minimum Gasteiger partial charge on any atom is -0.459 e. The largest absolute Gasteiger partial charge is 0.459 e. The molecule has 0 aliphatic carbocycles. The molecule has 2 aromatic heterocycles. The van der Waals surface area contributed by atoms with E-state index in [1.165, 1.54) is 6.20 Å². The van der Waals surface area contributed by atoms with Gasteiger partial charge in [0, 0.05) is 11.8 Å². The number of rotatable bonds is 3. The van der Waals surface area contributed by atoms with Crippen molar-refractivity contribution >= 4 is 17.6 Å². The van der Waals surface area contributed by atoms with Gasteiger partial charge in [-0.15, -0.1) is 0 Å². The van der Waals surface area contributed by atoms with Crippen LogP contribution < -0.4 is 0 Å². The van der Waals surface area contributed by atoms with E-state index < -0.39 is 5.97 Å². The molecule has 0 unspecified atom stereocenters. The van der Waals surface area contributed by atoms with Crippen molar-refractivity contribution in [3.63, 3.8) is 0 Å². The molecule has 0 spiro atoms. The standard InChI is InChI=1S/C10H8ClN3O3/c1-2-16-10(15)9-13-8(14-17-9)6-3-4-7(11)12-5-6/h3-5H,2H2,1H3. The molecule has 0 N–H and O–H groups in total. The van der Waals surface area contributed by atoms with Crippen LogP contribution in [0, 0.1) is 0 Å². The number of hydrogen-bond acceptors (Lipinski definition) is 6. The van der Waals surface area contributed by atoms with Crippen molar-refractivity contribution in [2.45, 2.75) is 6.92 Å². The maximum absolute atomic E-state index is 11.3. The molecule has 0 aliphatic rings. The molecule has 0 saturated carbocycles. The van der Waals surface area contributed by atoms with Crippen LogP contribution in [0.5, 0.6) is 0 Å². The lowest BCUT2D eigenvalue weighted by molar-refractivity contribution is 0.0470. The van der Waals surface area contributed by atoms with Crippen LogP contribution >= 0.6 is 11.6 Å². The van der Waals surface area contributed by atoms with E-state index in [1.807, 2.05) is 0 Å². The van der Waals surface area contributed by atoms with Gasteiger partial charge in [-0.25, -0.2) is 9.78 Å². The Kier molecular flexibility index (Phi) is 3.34. The van der Waals surface area contributed by atoms with Gasteiger partial charge in [0.25, 0.3) is 0 Å². The molecule has 0 bridgehead atoms. The Morgan fingerprint density at radius 2 is 2.35 bits per heavy atom. The van der Waals surface area contributed by atoms with Gasteiger partial charge in [0.1, 0.15) is 5.15 Å². The zero-order valence-corrected chi connectivity index (χ0v) is 9.64. The second-order valence-corrected chi connectivity index (χ2v) is 3.40. The summed E-state index contributed by atoms with van der Waals surface area (Å²) in [5, 5.41) is 4.01. The first kappa shape index (κ1) is 11.5.